The normalized spacial score (nSPS) is 13.8. The van der Waals surface area contributed by atoms with E-state index < -0.39 is 0 Å². The zero-order valence-electron chi connectivity index (χ0n) is 17.5. The average molecular weight is 467 g/mol. The molecule has 3 amide bonds. The molecular weight excluding hydrogens is 442 g/mol. The van der Waals surface area contributed by atoms with Crippen molar-refractivity contribution in [3.05, 3.63) is 63.4 Å². The monoisotopic (exact) mass is 466 g/mol. The molecule has 9 heteroatoms. The molecule has 0 saturated carbocycles. The first kappa shape index (κ1) is 23.2. The first-order valence-corrected chi connectivity index (χ1v) is 10.8. The summed E-state index contributed by atoms with van der Waals surface area (Å²) in [6.07, 6.45) is 0. The van der Waals surface area contributed by atoms with Crippen LogP contribution in [-0.4, -0.2) is 61.5 Å². The molecular formula is C22H25Cl2FN4O2. The lowest BCUT2D eigenvalue weighted by molar-refractivity contribution is 0.0747. The minimum absolute atomic E-state index is 0.162. The zero-order valence-corrected chi connectivity index (χ0v) is 19.0. The highest BCUT2D eigenvalue weighted by Crippen LogP contribution is 2.28. The maximum atomic E-state index is 15.2. The van der Waals surface area contributed by atoms with E-state index in [0.717, 1.165) is 0 Å². The number of nitrogens with zero attached hydrogens (tertiary/aromatic N) is 3. The fraction of sp³-hybridized carbons (Fsp3) is 0.364. The lowest BCUT2D eigenvalue weighted by atomic mass is 10.1. The van der Waals surface area contributed by atoms with Gasteiger partial charge < -0.3 is 20.0 Å². The topological polar surface area (TPSA) is 55.9 Å². The van der Waals surface area contributed by atoms with Gasteiger partial charge in [0.05, 0.1) is 27.8 Å². The van der Waals surface area contributed by atoms with E-state index in [1.54, 1.807) is 48.3 Å². The summed E-state index contributed by atoms with van der Waals surface area (Å²) in [4.78, 5) is 29.8. The number of halogens is 3. The van der Waals surface area contributed by atoms with Crippen molar-refractivity contribution in [2.24, 2.45) is 0 Å². The van der Waals surface area contributed by atoms with Crippen LogP contribution in [0.25, 0.3) is 0 Å². The molecule has 0 aromatic heterocycles. The van der Waals surface area contributed by atoms with Crippen LogP contribution in [0.2, 0.25) is 10.0 Å². The lowest BCUT2D eigenvalue weighted by Crippen LogP contribution is -2.49. The number of hydrogen-bond acceptors (Lipinski definition) is 3. The molecule has 0 unspecified atom stereocenters. The molecule has 31 heavy (non-hydrogen) atoms. The van der Waals surface area contributed by atoms with Crippen LogP contribution in [0.15, 0.2) is 36.4 Å². The van der Waals surface area contributed by atoms with Crippen LogP contribution in [-0.2, 0) is 6.54 Å². The number of hydrogen-bond donors (Lipinski definition) is 1. The van der Waals surface area contributed by atoms with E-state index in [4.69, 9.17) is 23.2 Å². The third kappa shape index (κ3) is 5.22. The van der Waals surface area contributed by atoms with Gasteiger partial charge in [0.2, 0.25) is 0 Å². The predicted octanol–water partition coefficient (Wildman–Crippen LogP) is 4.26. The van der Waals surface area contributed by atoms with Crippen LogP contribution in [0, 0.1) is 5.82 Å². The highest BCUT2D eigenvalue weighted by Gasteiger charge is 2.27. The van der Waals surface area contributed by atoms with Crippen LogP contribution >= 0.6 is 23.2 Å². The molecule has 2 aromatic rings. The van der Waals surface area contributed by atoms with Crippen molar-refractivity contribution in [1.29, 1.82) is 0 Å². The van der Waals surface area contributed by atoms with Crippen LogP contribution < -0.4 is 10.2 Å². The number of piperazine rings is 1. The molecule has 1 aliphatic rings. The molecule has 6 nitrogen and oxygen atoms in total. The van der Waals surface area contributed by atoms with Crippen molar-refractivity contribution in [1.82, 2.24) is 15.1 Å². The van der Waals surface area contributed by atoms with Crippen molar-refractivity contribution >= 4 is 40.8 Å². The molecule has 0 bridgehead atoms. The smallest absolute Gasteiger partial charge is 0.317 e. The van der Waals surface area contributed by atoms with Crippen molar-refractivity contribution in [3.63, 3.8) is 0 Å². The highest BCUT2D eigenvalue weighted by molar-refractivity contribution is 6.39. The number of carbonyl (C=O) groups excluding carboxylic acids is 2. The largest absolute Gasteiger partial charge is 0.366 e. The standard InChI is InChI=1S/C22H25Cl2FN4O2/c1-3-26-22(31)27(2)14-15-6-4-9-18(20(15)25)28-10-12-29(13-11-28)21(30)19-16(23)7-5-8-17(19)24/h4-9H,3,10-14H2,1-2H3,(H,26,31). The number of nitrogens with one attached hydrogen (secondary N) is 1. The second-order valence-corrected chi connectivity index (χ2v) is 8.13. The Morgan fingerprint density at radius 3 is 2.29 bits per heavy atom. The van der Waals surface area contributed by atoms with E-state index in [0.29, 0.717) is 59.6 Å². The number of amides is 3. The maximum absolute atomic E-state index is 15.2. The van der Waals surface area contributed by atoms with Gasteiger partial charge in [0.25, 0.3) is 5.91 Å². The fourth-order valence-corrected chi connectivity index (χ4v) is 4.12. The molecule has 3 rings (SSSR count). The first-order chi connectivity index (χ1) is 14.8. The van der Waals surface area contributed by atoms with E-state index in [-0.39, 0.29) is 24.3 Å². The Bertz CT molecular complexity index is 944. The highest BCUT2D eigenvalue weighted by atomic mass is 35.5. The van der Waals surface area contributed by atoms with Gasteiger partial charge >= 0.3 is 6.03 Å². The van der Waals surface area contributed by atoms with Gasteiger partial charge in [0.15, 0.2) is 5.82 Å². The van der Waals surface area contributed by atoms with Crippen molar-refractivity contribution < 1.29 is 14.0 Å². The molecule has 0 spiro atoms. The summed E-state index contributed by atoms with van der Waals surface area (Å²) in [7, 11) is 1.63. The molecule has 0 radical (unpaired) electrons. The summed E-state index contributed by atoms with van der Waals surface area (Å²) in [5.41, 5.74) is 1.19. The Morgan fingerprint density at radius 1 is 1.06 bits per heavy atom. The van der Waals surface area contributed by atoms with Gasteiger partial charge in [-0.05, 0) is 25.1 Å². The minimum Gasteiger partial charge on any atom is -0.366 e. The molecule has 1 saturated heterocycles. The maximum Gasteiger partial charge on any atom is 0.317 e. The molecule has 1 aliphatic heterocycles. The molecule has 0 aliphatic carbocycles. The predicted molar refractivity (Wildman–Crippen MR) is 122 cm³/mol. The van der Waals surface area contributed by atoms with E-state index in [2.05, 4.69) is 5.32 Å². The SMILES string of the molecule is CCNC(=O)N(C)Cc1cccc(N2CCN(C(=O)c3c(Cl)cccc3Cl)CC2)c1F. The molecule has 1 fully saturated rings. The molecule has 1 N–H and O–H groups in total. The third-order valence-electron chi connectivity index (χ3n) is 5.22. The van der Waals surface area contributed by atoms with Gasteiger partial charge in [0.1, 0.15) is 0 Å². The van der Waals surface area contributed by atoms with Crippen LogP contribution in [0.5, 0.6) is 0 Å². The number of carbonyl (C=O) groups is 2. The van der Waals surface area contributed by atoms with Gasteiger partial charge in [0, 0.05) is 45.3 Å². The Balaban J connectivity index is 1.68. The minimum atomic E-state index is -0.354. The van der Waals surface area contributed by atoms with Crippen LogP contribution in [0.1, 0.15) is 22.8 Å². The number of urea groups is 1. The average Bonchev–Trinajstić information content (AvgIpc) is 2.75. The van der Waals surface area contributed by atoms with Crippen molar-refractivity contribution in [2.75, 3.05) is 44.7 Å². The van der Waals surface area contributed by atoms with Gasteiger partial charge in [-0.1, -0.05) is 41.4 Å². The molecule has 166 valence electrons. The van der Waals surface area contributed by atoms with E-state index >= 15 is 4.39 Å². The molecule has 1 heterocycles. The van der Waals surface area contributed by atoms with Crippen molar-refractivity contribution in [2.45, 2.75) is 13.5 Å². The second-order valence-electron chi connectivity index (χ2n) is 7.32. The summed E-state index contributed by atoms with van der Waals surface area (Å²) in [5.74, 6) is -0.583. The van der Waals surface area contributed by atoms with Gasteiger partial charge in [-0.2, -0.15) is 0 Å². The van der Waals surface area contributed by atoms with Gasteiger partial charge in [-0.3, -0.25) is 4.79 Å². The second kappa shape index (κ2) is 10.2. The summed E-state index contributed by atoms with van der Waals surface area (Å²) < 4.78 is 15.2. The molecule has 2 aromatic carbocycles. The summed E-state index contributed by atoms with van der Waals surface area (Å²) >= 11 is 12.3. The van der Waals surface area contributed by atoms with Crippen molar-refractivity contribution in [3.8, 4) is 0 Å². The Morgan fingerprint density at radius 2 is 1.68 bits per heavy atom. The summed E-state index contributed by atoms with van der Waals surface area (Å²) in [5, 5.41) is 3.33. The quantitative estimate of drug-likeness (QED) is 0.715. The van der Waals surface area contributed by atoms with Gasteiger partial charge in [-0.25, -0.2) is 9.18 Å². The Hall–Kier alpha value is -2.51. The molecule has 0 atom stereocenters. The number of benzene rings is 2. The van der Waals surface area contributed by atoms with E-state index in [1.165, 1.54) is 4.90 Å². The first-order valence-electron chi connectivity index (χ1n) is 10.1. The lowest BCUT2D eigenvalue weighted by Gasteiger charge is -2.36. The Kier molecular flexibility index (Phi) is 7.62. The van der Waals surface area contributed by atoms with Crippen LogP contribution in [0.4, 0.5) is 14.9 Å². The zero-order chi connectivity index (χ0) is 22.5. The Labute approximate surface area is 191 Å². The van der Waals surface area contributed by atoms with E-state index in [1.807, 2.05) is 11.8 Å². The summed E-state index contributed by atoms with van der Waals surface area (Å²) in [6.45, 7) is 4.28. The summed E-state index contributed by atoms with van der Waals surface area (Å²) in [6, 6.07) is 9.88. The third-order valence-corrected chi connectivity index (χ3v) is 5.85. The van der Waals surface area contributed by atoms with E-state index in [9.17, 15) is 9.59 Å². The fourth-order valence-electron chi connectivity index (χ4n) is 3.56. The number of anilines is 1. The van der Waals surface area contributed by atoms with Crippen LogP contribution in [0.3, 0.4) is 0 Å². The van der Waals surface area contributed by atoms with Gasteiger partial charge in [-0.15, -0.1) is 0 Å². The number of rotatable bonds is 5.